The maximum absolute atomic E-state index is 12.6. The molecule has 0 spiro atoms. The normalized spacial score (nSPS) is 26.0. The van der Waals surface area contributed by atoms with Gasteiger partial charge in [-0.15, -0.1) is 0 Å². The lowest BCUT2D eigenvalue weighted by molar-refractivity contribution is -0.146. The van der Waals surface area contributed by atoms with E-state index in [1.165, 1.54) is 24.3 Å². The van der Waals surface area contributed by atoms with Crippen molar-refractivity contribution in [1.29, 1.82) is 0 Å². The second-order valence-corrected chi connectivity index (χ2v) is 7.74. The van der Waals surface area contributed by atoms with Gasteiger partial charge in [0.1, 0.15) is 0 Å². The number of nitrogens with zero attached hydrogens (tertiary/aromatic N) is 4. The van der Waals surface area contributed by atoms with Gasteiger partial charge in [-0.05, 0) is 51.2 Å². The third kappa shape index (κ3) is 6.95. The predicted molar refractivity (Wildman–Crippen MR) is 99.4 cm³/mol. The average molecular weight is 377 g/mol. The van der Waals surface area contributed by atoms with Crippen LogP contribution in [0.3, 0.4) is 0 Å². The summed E-state index contributed by atoms with van der Waals surface area (Å²) in [5, 5.41) is 3.48. The Morgan fingerprint density at radius 3 is 2.58 bits per heavy atom. The Hall–Kier alpha value is -1.02. The molecular weight excluding hydrogens is 343 g/mol. The van der Waals surface area contributed by atoms with E-state index in [0.717, 1.165) is 38.6 Å². The van der Waals surface area contributed by atoms with Crippen molar-refractivity contribution in [1.82, 2.24) is 20.0 Å². The highest BCUT2D eigenvalue weighted by molar-refractivity contribution is 5.80. The van der Waals surface area contributed by atoms with Gasteiger partial charge in [-0.2, -0.15) is 13.2 Å². The van der Waals surface area contributed by atoms with Gasteiger partial charge in [0, 0.05) is 39.8 Å². The third-order valence-corrected chi connectivity index (χ3v) is 5.43. The number of piperidine rings is 1. The fraction of sp³-hybridized carbons (Fsp3) is 0.944. The standard InChI is InChI=1S/C18H34F3N5/c1-4-25(14-18(19,20)21)12-16-7-9-26(13-16)17(22-2)23-10-15-6-5-8-24(3)11-15/h15-16H,4-14H2,1-3H3,(H,22,23). The number of halogens is 3. The van der Waals surface area contributed by atoms with Crippen molar-refractivity contribution in [3.05, 3.63) is 0 Å². The minimum absolute atomic E-state index is 0.261. The first-order valence-corrected chi connectivity index (χ1v) is 9.74. The topological polar surface area (TPSA) is 34.1 Å². The Kier molecular flexibility index (Phi) is 8.01. The number of alkyl halides is 3. The van der Waals surface area contributed by atoms with Crippen LogP contribution in [0, 0.1) is 11.8 Å². The van der Waals surface area contributed by atoms with Crippen LogP contribution in [0.5, 0.6) is 0 Å². The molecule has 2 saturated heterocycles. The molecule has 0 radical (unpaired) electrons. The second-order valence-electron chi connectivity index (χ2n) is 7.74. The van der Waals surface area contributed by atoms with Gasteiger partial charge in [-0.3, -0.25) is 9.89 Å². The zero-order valence-electron chi connectivity index (χ0n) is 16.4. The number of hydrogen-bond acceptors (Lipinski definition) is 3. The monoisotopic (exact) mass is 377 g/mol. The van der Waals surface area contributed by atoms with Crippen molar-refractivity contribution in [3.63, 3.8) is 0 Å². The van der Waals surface area contributed by atoms with Crippen LogP contribution in [-0.2, 0) is 0 Å². The quantitative estimate of drug-likeness (QED) is 0.568. The lowest BCUT2D eigenvalue weighted by Crippen LogP contribution is -2.45. The maximum atomic E-state index is 12.6. The molecular formula is C18H34F3N5. The zero-order chi connectivity index (χ0) is 19.2. The van der Waals surface area contributed by atoms with Crippen molar-refractivity contribution in [2.24, 2.45) is 16.8 Å². The number of hydrogen-bond donors (Lipinski definition) is 1. The molecule has 2 rings (SSSR count). The summed E-state index contributed by atoms with van der Waals surface area (Å²) >= 11 is 0. The highest BCUT2D eigenvalue weighted by Gasteiger charge is 2.33. The summed E-state index contributed by atoms with van der Waals surface area (Å²) < 4.78 is 37.9. The molecule has 2 aliphatic heterocycles. The van der Waals surface area contributed by atoms with Crippen LogP contribution >= 0.6 is 0 Å². The van der Waals surface area contributed by atoms with E-state index in [0.29, 0.717) is 19.0 Å². The van der Waals surface area contributed by atoms with Crippen LogP contribution in [0.1, 0.15) is 26.2 Å². The molecule has 2 atom stereocenters. The van der Waals surface area contributed by atoms with Crippen LogP contribution in [-0.4, -0.2) is 93.3 Å². The summed E-state index contributed by atoms with van der Waals surface area (Å²) in [6, 6.07) is 0. The first kappa shape index (κ1) is 21.3. The summed E-state index contributed by atoms with van der Waals surface area (Å²) in [7, 11) is 3.94. The predicted octanol–water partition coefficient (Wildman–Crippen LogP) is 2.11. The lowest BCUT2D eigenvalue weighted by atomic mass is 9.99. The molecule has 0 aromatic carbocycles. The first-order valence-electron chi connectivity index (χ1n) is 9.74. The smallest absolute Gasteiger partial charge is 0.356 e. The molecule has 2 aliphatic rings. The number of guanidine groups is 1. The molecule has 8 heteroatoms. The van der Waals surface area contributed by atoms with Gasteiger partial charge in [0.25, 0.3) is 0 Å². The molecule has 2 fully saturated rings. The SMILES string of the molecule is CCN(CC1CCN(C(=NC)NCC2CCCN(C)C2)C1)CC(F)(F)F. The minimum atomic E-state index is -4.13. The molecule has 0 aliphatic carbocycles. The Morgan fingerprint density at radius 2 is 1.96 bits per heavy atom. The molecule has 26 heavy (non-hydrogen) atoms. The molecule has 5 nitrogen and oxygen atoms in total. The van der Waals surface area contributed by atoms with Crippen LogP contribution in [0.4, 0.5) is 13.2 Å². The maximum Gasteiger partial charge on any atom is 0.401 e. The van der Waals surface area contributed by atoms with Gasteiger partial charge < -0.3 is 15.1 Å². The molecule has 152 valence electrons. The Labute approximate surface area is 155 Å². The minimum Gasteiger partial charge on any atom is -0.356 e. The number of nitrogens with one attached hydrogen (secondary N) is 1. The largest absolute Gasteiger partial charge is 0.401 e. The summed E-state index contributed by atoms with van der Waals surface area (Å²) in [5.41, 5.74) is 0. The van der Waals surface area contributed by atoms with Crippen molar-refractivity contribution < 1.29 is 13.2 Å². The molecule has 1 N–H and O–H groups in total. The van der Waals surface area contributed by atoms with E-state index in [1.54, 1.807) is 14.0 Å². The van der Waals surface area contributed by atoms with Crippen LogP contribution in [0.2, 0.25) is 0 Å². The van der Waals surface area contributed by atoms with Gasteiger partial charge in [-0.1, -0.05) is 6.92 Å². The van der Waals surface area contributed by atoms with Gasteiger partial charge in [0.05, 0.1) is 6.54 Å². The number of aliphatic imine (C=N–C) groups is 1. The highest BCUT2D eigenvalue weighted by atomic mass is 19.4. The van der Waals surface area contributed by atoms with Gasteiger partial charge in [-0.25, -0.2) is 0 Å². The summed E-state index contributed by atoms with van der Waals surface area (Å²) in [5.74, 6) is 1.78. The Bertz CT molecular complexity index is 455. The van der Waals surface area contributed by atoms with E-state index < -0.39 is 12.7 Å². The van der Waals surface area contributed by atoms with Crippen molar-refractivity contribution in [2.75, 3.05) is 66.5 Å². The lowest BCUT2D eigenvalue weighted by Gasteiger charge is -2.31. The van der Waals surface area contributed by atoms with Crippen LogP contribution in [0.15, 0.2) is 4.99 Å². The van der Waals surface area contributed by atoms with E-state index in [-0.39, 0.29) is 5.92 Å². The second kappa shape index (κ2) is 9.78. The summed E-state index contributed by atoms with van der Waals surface area (Å²) in [6.45, 7) is 6.72. The Morgan fingerprint density at radius 1 is 1.19 bits per heavy atom. The fourth-order valence-electron chi connectivity index (χ4n) is 4.11. The van der Waals surface area contributed by atoms with E-state index in [1.807, 2.05) is 0 Å². The van der Waals surface area contributed by atoms with E-state index >= 15 is 0 Å². The number of rotatable bonds is 6. The highest BCUT2D eigenvalue weighted by Crippen LogP contribution is 2.21. The Balaban J connectivity index is 1.78. The zero-order valence-corrected chi connectivity index (χ0v) is 16.4. The van der Waals surface area contributed by atoms with E-state index in [2.05, 4.69) is 27.2 Å². The molecule has 0 bridgehead atoms. The molecule has 2 heterocycles. The first-order chi connectivity index (χ1) is 12.3. The van der Waals surface area contributed by atoms with Gasteiger partial charge in [0.15, 0.2) is 5.96 Å². The van der Waals surface area contributed by atoms with E-state index in [4.69, 9.17) is 0 Å². The summed E-state index contributed by atoms with van der Waals surface area (Å²) in [4.78, 5) is 10.5. The van der Waals surface area contributed by atoms with Crippen molar-refractivity contribution in [3.8, 4) is 0 Å². The van der Waals surface area contributed by atoms with Crippen LogP contribution in [0.25, 0.3) is 0 Å². The van der Waals surface area contributed by atoms with Gasteiger partial charge >= 0.3 is 6.18 Å². The van der Waals surface area contributed by atoms with Gasteiger partial charge in [0.2, 0.25) is 0 Å². The molecule has 0 amide bonds. The molecule has 0 aromatic heterocycles. The molecule has 0 aromatic rings. The summed E-state index contributed by atoms with van der Waals surface area (Å²) in [6.07, 6.45) is -0.737. The van der Waals surface area contributed by atoms with Crippen LogP contribution < -0.4 is 5.32 Å². The third-order valence-electron chi connectivity index (χ3n) is 5.43. The average Bonchev–Trinajstić information content (AvgIpc) is 3.02. The molecule has 0 saturated carbocycles. The van der Waals surface area contributed by atoms with Crippen molar-refractivity contribution >= 4 is 5.96 Å². The van der Waals surface area contributed by atoms with E-state index in [9.17, 15) is 13.2 Å². The fourth-order valence-corrected chi connectivity index (χ4v) is 4.11. The van der Waals surface area contributed by atoms with Crippen molar-refractivity contribution in [2.45, 2.75) is 32.4 Å². The molecule has 2 unspecified atom stereocenters. The number of likely N-dealkylation sites (tertiary alicyclic amines) is 2.